The minimum absolute atomic E-state index is 0.214. The molecule has 1 aliphatic heterocycles. The highest BCUT2D eigenvalue weighted by atomic mass is 32.2. The molecule has 1 amide bonds. The van der Waals surface area contributed by atoms with E-state index >= 15 is 0 Å². The van der Waals surface area contributed by atoms with Crippen molar-refractivity contribution in [2.45, 2.75) is 29.1 Å². The van der Waals surface area contributed by atoms with Crippen molar-refractivity contribution in [1.29, 1.82) is 0 Å². The lowest BCUT2D eigenvalue weighted by atomic mass is 10.0. The van der Waals surface area contributed by atoms with Gasteiger partial charge in [0.2, 0.25) is 0 Å². The summed E-state index contributed by atoms with van der Waals surface area (Å²) < 4.78 is 27.3. The van der Waals surface area contributed by atoms with Crippen LogP contribution in [0.2, 0.25) is 0 Å². The first-order valence-electron chi connectivity index (χ1n) is 8.26. The molecule has 3 rings (SSSR count). The van der Waals surface area contributed by atoms with Crippen LogP contribution in [0.25, 0.3) is 0 Å². The van der Waals surface area contributed by atoms with Crippen molar-refractivity contribution in [2.75, 3.05) is 11.3 Å². The van der Waals surface area contributed by atoms with Gasteiger partial charge in [-0.1, -0.05) is 12.1 Å². The summed E-state index contributed by atoms with van der Waals surface area (Å²) in [5, 5.41) is 12.5. The number of hydrogen-bond acceptors (Lipinski definition) is 6. The van der Waals surface area contributed by atoms with Crippen molar-refractivity contribution in [2.24, 2.45) is 10.2 Å². The lowest BCUT2D eigenvalue weighted by molar-refractivity contribution is 0.0952. The highest BCUT2D eigenvalue weighted by Gasteiger charge is 2.38. The molecule has 0 atom stereocenters. The number of nitrogens with zero attached hydrogens (tertiary/aromatic N) is 2. The second-order valence-electron chi connectivity index (χ2n) is 6.01. The first-order chi connectivity index (χ1) is 12.9. The topological polar surface area (TPSA) is 100.0 Å². The van der Waals surface area contributed by atoms with Gasteiger partial charge in [0.25, 0.3) is 15.9 Å². The maximum atomic E-state index is 12.3. The van der Waals surface area contributed by atoms with Gasteiger partial charge < -0.3 is 5.32 Å². The van der Waals surface area contributed by atoms with Crippen LogP contribution in [0.3, 0.4) is 0 Å². The van der Waals surface area contributed by atoms with Gasteiger partial charge in [-0.05, 0) is 29.6 Å². The zero-order valence-corrected chi connectivity index (χ0v) is 16.0. The van der Waals surface area contributed by atoms with Crippen LogP contribution in [0.1, 0.15) is 29.6 Å². The van der Waals surface area contributed by atoms with E-state index in [-0.39, 0.29) is 10.1 Å². The van der Waals surface area contributed by atoms with E-state index in [1.807, 2.05) is 0 Å². The van der Waals surface area contributed by atoms with Crippen LogP contribution in [0.5, 0.6) is 0 Å². The number of carbonyl (C=O) groups is 1. The van der Waals surface area contributed by atoms with E-state index in [9.17, 15) is 13.2 Å². The number of nitrogens with one attached hydrogen (secondary N) is 2. The fourth-order valence-electron chi connectivity index (χ4n) is 2.49. The summed E-state index contributed by atoms with van der Waals surface area (Å²) in [6.07, 6.45) is 7.11. The Morgan fingerprint density at radius 2 is 2.04 bits per heavy atom. The van der Waals surface area contributed by atoms with Crippen molar-refractivity contribution in [3.05, 3.63) is 47.3 Å². The van der Waals surface area contributed by atoms with Gasteiger partial charge in [-0.15, -0.1) is 23.7 Å². The van der Waals surface area contributed by atoms with Gasteiger partial charge in [0.05, 0.1) is 0 Å². The van der Waals surface area contributed by atoms with Crippen LogP contribution >= 0.6 is 11.3 Å². The SMILES string of the molecule is C#CCCC1(CCNC(=O)c2cccc(NS(=O)(=O)c3cccs3)c2)N=N1. The molecule has 7 nitrogen and oxygen atoms in total. The zero-order valence-electron chi connectivity index (χ0n) is 14.4. The van der Waals surface area contributed by atoms with Gasteiger partial charge in [0, 0.05) is 37.1 Å². The summed E-state index contributed by atoms with van der Waals surface area (Å²) in [5.74, 6) is 2.27. The molecule has 0 aliphatic carbocycles. The Morgan fingerprint density at radius 3 is 2.70 bits per heavy atom. The first-order valence-corrected chi connectivity index (χ1v) is 10.6. The van der Waals surface area contributed by atoms with Gasteiger partial charge in [0.15, 0.2) is 5.66 Å². The maximum absolute atomic E-state index is 12.3. The minimum atomic E-state index is -3.65. The number of amides is 1. The number of hydrogen-bond donors (Lipinski definition) is 2. The molecular formula is C18H18N4O3S2. The number of benzene rings is 1. The molecule has 0 saturated carbocycles. The average molecular weight is 403 g/mol. The summed E-state index contributed by atoms with van der Waals surface area (Å²) in [6.45, 7) is 0.404. The Morgan fingerprint density at radius 1 is 1.22 bits per heavy atom. The molecule has 27 heavy (non-hydrogen) atoms. The number of carbonyl (C=O) groups excluding carboxylic acids is 1. The van der Waals surface area contributed by atoms with Crippen LogP contribution in [0, 0.1) is 12.3 Å². The lowest BCUT2D eigenvalue weighted by Gasteiger charge is -2.11. The Hall–Kier alpha value is -2.70. The number of anilines is 1. The largest absolute Gasteiger partial charge is 0.352 e. The summed E-state index contributed by atoms with van der Waals surface area (Å²) >= 11 is 1.12. The third-order valence-electron chi connectivity index (χ3n) is 4.00. The van der Waals surface area contributed by atoms with E-state index in [1.54, 1.807) is 29.6 Å². The van der Waals surface area contributed by atoms with Crippen molar-refractivity contribution >= 4 is 33.0 Å². The van der Waals surface area contributed by atoms with Crippen LogP contribution in [-0.2, 0) is 10.0 Å². The quantitative estimate of drug-likeness (QED) is 0.630. The molecule has 2 aromatic rings. The summed E-state index contributed by atoms with van der Waals surface area (Å²) in [5.41, 5.74) is 0.246. The Balaban J connectivity index is 1.57. The van der Waals surface area contributed by atoms with E-state index < -0.39 is 15.7 Å². The highest BCUT2D eigenvalue weighted by molar-refractivity contribution is 7.94. The molecule has 2 heterocycles. The van der Waals surface area contributed by atoms with Crippen LogP contribution in [0.4, 0.5) is 5.69 Å². The van der Waals surface area contributed by atoms with Crippen molar-refractivity contribution in [3.8, 4) is 12.3 Å². The fraction of sp³-hybridized carbons (Fsp3) is 0.278. The molecule has 0 bridgehead atoms. The molecule has 140 valence electrons. The predicted octanol–water partition coefficient (Wildman–Crippen LogP) is 3.24. The molecule has 1 aliphatic rings. The first kappa shape index (κ1) is 19.1. The van der Waals surface area contributed by atoms with Crippen LogP contribution in [-0.4, -0.2) is 26.5 Å². The maximum Gasteiger partial charge on any atom is 0.271 e. The van der Waals surface area contributed by atoms with Crippen molar-refractivity contribution in [1.82, 2.24) is 5.32 Å². The normalized spacial score (nSPS) is 14.3. The molecule has 0 radical (unpaired) electrons. The predicted molar refractivity (Wildman–Crippen MR) is 104 cm³/mol. The number of thiophene rings is 1. The third kappa shape index (κ3) is 4.93. The number of rotatable bonds is 9. The third-order valence-corrected chi connectivity index (χ3v) is 6.78. The molecule has 0 spiro atoms. The second kappa shape index (κ2) is 7.90. The molecule has 0 saturated heterocycles. The lowest BCUT2D eigenvalue weighted by Crippen LogP contribution is -2.28. The summed E-state index contributed by atoms with van der Waals surface area (Å²) in [4.78, 5) is 12.3. The molecule has 2 N–H and O–H groups in total. The molecular weight excluding hydrogens is 384 g/mol. The van der Waals surface area contributed by atoms with Gasteiger partial charge in [-0.3, -0.25) is 9.52 Å². The Kier molecular flexibility index (Phi) is 5.58. The van der Waals surface area contributed by atoms with Gasteiger partial charge in [-0.2, -0.15) is 10.2 Å². The molecule has 1 aromatic heterocycles. The standard InChI is InChI=1S/C18H18N4O3S2/c1-2-3-9-18(21-22-18)10-11-19-17(23)14-6-4-7-15(13-14)20-27(24,25)16-8-5-12-26-16/h1,4-8,12-13,20H,3,9-11H2,(H,19,23). The van der Waals surface area contributed by atoms with E-state index in [1.165, 1.54) is 12.1 Å². The minimum Gasteiger partial charge on any atom is -0.352 e. The summed E-state index contributed by atoms with van der Waals surface area (Å²) in [6, 6.07) is 9.53. The Bertz CT molecular complexity index is 986. The molecule has 0 fully saturated rings. The molecule has 0 unspecified atom stereocenters. The fourth-order valence-corrected chi connectivity index (χ4v) is 4.53. The number of terminal acetylenes is 1. The van der Waals surface area contributed by atoms with Crippen molar-refractivity contribution in [3.63, 3.8) is 0 Å². The Labute approximate surface area is 162 Å². The smallest absolute Gasteiger partial charge is 0.271 e. The van der Waals surface area contributed by atoms with E-state index in [0.29, 0.717) is 37.1 Å². The molecule has 1 aromatic carbocycles. The van der Waals surface area contributed by atoms with Crippen molar-refractivity contribution < 1.29 is 13.2 Å². The van der Waals surface area contributed by atoms with E-state index in [2.05, 4.69) is 26.2 Å². The van der Waals surface area contributed by atoms with E-state index in [0.717, 1.165) is 11.3 Å². The second-order valence-corrected chi connectivity index (χ2v) is 8.87. The number of sulfonamides is 1. The van der Waals surface area contributed by atoms with Gasteiger partial charge in [-0.25, -0.2) is 8.42 Å². The van der Waals surface area contributed by atoms with Crippen LogP contribution in [0.15, 0.2) is 56.2 Å². The van der Waals surface area contributed by atoms with E-state index in [4.69, 9.17) is 6.42 Å². The average Bonchev–Trinajstić information content (AvgIpc) is 3.17. The summed E-state index contributed by atoms with van der Waals surface area (Å²) in [7, 11) is -3.65. The monoisotopic (exact) mass is 402 g/mol. The van der Waals surface area contributed by atoms with Gasteiger partial charge >= 0.3 is 0 Å². The molecule has 9 heteroatoms. The van der Waals surface area contributed by atoms with Crippen LogP contribution < -0.4 is 10.0 Å². The zero-order chi connectivity index (χ0) is 19.3. The highest BCUT2D eigenvalue weighted by Crippen LogP contribution is 2.36. The van der Waals surface area contributed by atoms with Gasteiger partial charge in [0.1, 0.15) is 4.21 Å².